The van der Waals surface area contributed by atoms with Crippen LogP contribution in [0.2, 0.25) is 0 Å². The summed E-state index contributed by atoms with van der Waals surface area (Å²) >= 11 is 2.80. The number of nitrogen functional groups attached to an aromatic ring is 1. The maximum Gasteiger partial charge on any atom is 0.280 e. The molecule has 0 unspecified atom stereocenters. The van der Waals surface area contributed by atoms with Crippen LogP contribution in [-0.2, 0) is 0 Å². The third kappa shape index (κ3) is 1.95. The van der Waals surface area contributed by atoms with Gasteiger partial charge in [-0.3, -0.25) is 0 Å². The lowest BCUT2D eigenvalue weighted by Crippen LogP contribution is -2.00. The molecule has 90 valence electrons. The van der Waals surface area contributed by atoms with Gasteiger partial charge < -0.3 is 5.73 Å². The van der Waals surface area contributed by atoms with E-state index in [9.17, 15) is 17.6 Å². The Morgan fingerprint density at radius 2 is 1.88 bits per heavy atom. The molecule has 0 amide bonds. The molecule has 2 nitrogen and oxygen atoms in total. The minimum absolute atomic E-state index is 0.138. The van der Waals surface area contributed by atoms with E-state index in [0.29, 0.717) is 0 Å². The van der Waals surface area contributed by atoms with Crippen molar-refractivity contribution in [1.29, 1.82) is 0 Å². The van der Waals surface area contributed by atoms with Gasteiger partial charge in [0.05, 0.1) is 9.86 Å². The fraction of sp³-hybridized carbons (Fsp3) is 0.100. The van der Waals surface area contributed by atoms with E-state index in [4.69, 9.17) is 5.73 Å². The number of nitrogens with two attached hydrogens (primary N) is 1. The van der Waals surface area contributed by atoms with Gasteiger partial charge in [0.15, 0.2) is 5.82 Å². The monoisotopic (exact) mass is 308 g/mol. The quantitative estimate of drug-likeness (QED) is 0.643. The number of fused-ring (bicyclic) bond motifs is 1. The first-order valence-corrected chi connectivity index (χ1v) is 5.23. The second-order valence-electron chi connectivity index (χ2n) is 3.31. The van der Waals surface area contributed by atoms with E-state index in [2.05, 4.69) is 20.9 Å². The molecule has 2 rings (SSSR count). The normalized spacial score (nSPS) is 11.4. The molecule has 0 aliphatic heterocycles. The molecule has 0 aliphatic carbocycles. The van der Waals surface area contributed by atoms with Crippen LogP contribution in [0.25, 0.3) is 10.9 Å². The highest BCUT2D eigenvalue weighted by molar-refractivity contribution is 9.10. The summed E-state index contributed by atoms with van der Waals surface area (Å²) in [6.07, 6.45) is -2.90. The molecule has 7 heteroatoms. The Balaban J connectivity index is 2.90. The predicted molar refractivity (Wildman–Crippen MR) is 58.7 cm³/mol. The van der Waals surface area contributed by atoms with E-state index >= 15 is 0 Å². The van der Waals surface area contributed by atoms with Crippen LogP contribution < -0.4 is 5.73 Å². The Kier molecular flexibility index (Phi) is 2.94. The molecule has 1 aromatic heterocycles. The Labute approximate surface area is 102 Å². The van der Waals surface area contributed by atoms with E-state index in [1.54, 1.807) is 0 Å². The number of aromatic nitrogens is 1. The van der Waals surface area contributed by atoms with Crippen molar-refractivity contribution in [3.63, 3.8) is 0 Å². The van der Waals surface area contributed by atoms with Crippen molar-refractivity contribution in [2.24, 2.45) is 0 Å². The minimum Gasteiger partial charge on any atom is -0.398 e. The molecule has 0 atom stereocenters. The summed E-state index contributed by atoms with van der Waals surface area (Å²) in [6, 6.07) is 1.65. The average molecular weight is 309 g/mol. The molecule has 2 aromatic rings. The zero-order valence-corrected chi connectivity index (χ0v) is 9.73. The van der Waals surface area contributed by atoms with Gasteiger partial charge in [0.25, 0.3) is 6.43 Å². The molecule has 0 aliphatic rings. The van der Waals surface area contributed by atoms with Crippen LogP contribution in [0, 0.1) is 11.6 Å². The summed E-state index contributed by atoms with van der Waals surface area (Å²) in [6.45, 7) is 0. The van der Waals surface area contributed by atoms with Gasteiger partial charge >= 0.3 is 0 Å². The lowest BCUT2D eigenvalue weighted by molar-refractivity contribution is 0.146. The van der Waals surface area contributed by atoms with Crippen molar-refractivity contribution in [3.8, 4) is 0 Å². The first-order valence-electron chi connectivity index (χ1n) is 4.43. The zero-order valence-electron chi connectivity index (χ0n) is 8.15. The summed E-state index contributed by atoms with van der Waals surface area (Å²) in [5.41, 5.74) is 3.97. The molecule has 0 fully saturated rings. The van der Waals surface area contributed by atoms with Gasteiger partial charge in [-0.2, -0.15) is 0 Å². The molecule has 0 radical (unpaired) electrons. The fourth-order valence-corrected chi connectivity index (χ4v) is 1.86. The summed E-state index contributed by atoms with van der Waals surface area (Å²) < 4.78 is 51.9. The van der Waals surface area contributed by atoms with Gasteiger partial charge in [-0.15, -0.1) is 0 Å². The lowest BCUT2D eigenvalue weighted by atomic mass is 10.1. The van der Waals surface area contributed by atoms with Gasteiger partial charge in [-0.05, 0) is 28.1 Å². The van der Waals surface area contributed by atoms with Crippen LogP contribution in [0.1, 0.15) is 12.1 Å². The van der Waals surface area contributed by atoms with Gasteiger partial charge in [0.2, 0.25) is 0 Å². The highest BCUT2D eigenvalue weighted by Gasteiger charge is 2.18. The Morgan fingerprint density at radius 1 is 1.24 bits per heavy atom. The molecular weight excluding hydrogens is 304 g/mol. The summed E-state index contributed by atoms with van der Waals surface area (Å²) in [5, 5.41) is -0.304. The van der Waals surface area contributed by atoms with E-state index in [1.807, 2.05) is 0 Å². The van der Waals surface area contributed by atoms with E-state index in [0.717, 1.165) is 12.1 Å². The Morgan fingerprint density at radius 3 is 2.47 bits per heavy atom. The third-order valence-corrected chi connectivity index (χ3v) is 2.78. The number of pyridine rings is 1. The fourth-order valence-electron chi connectivity index (χ4n) is 1.46. The van der Waals surface area contributed by atoms with Crippen molar-refractivity contribution < 1.29 is 17.6 Å². The van der Waals surface area contributed by atoms with Crippen LogP contribution in [0.5, 0.6) is 0 Å². The van der Waals surface area contributed by atoms with Crippen LogP contribution in [-0.4, -0.2) is 4.98 Å². The summed E-state index contributed by atoms with van der Waals surface area (Å²) in [7, 11) is 0. The van der Waals surface area contributed by atoms with E-state index < -0.39 is 29.3 Å². The number of halogens is 5. The topological polar surface area (TPSA) is 38.9 Å². The van der Waals surface area contributed by atoms with Gasteiger partial charge in [-0.1, -0.05) is 0 Å². The van der Waals surface area contributed by atoms with Crippen LogP contribution in [0.4, 0.5) is 23.2 Å². The molecule has 1 heterocycles. The molecule has 0 bridgehead atoms. The SMILES string of the molecule is Nc1cc(C(F)F)nc2c(F)cc(Br)c(F)c12. The average Bonchev–Trinajstić information content (AvgIpc) is 2.25. The number of anilines is 1. The first kappa shape index (κ1) is 12.1. The molecule has 0 spiro atoms. The zero-order chi connectivity index (χ0) is 12.7. The number of nitrogens with zero attached hydrogens (tertiary/aromatic N) is 1. The lowest BCUT2D eigenvalue weighted by Gasteiger charge is -2.08. The van der Waals surface area contributed by atoms with Crippen LogP contribution >= 0.6 is 15.9 Å². The number of alkyl halides is 2. The second kappa shape index (κ2) is 4.14. The van der Waals surface area contributed by atoms with Gasteiger partial charge in [-0.25, -0.2) is 22.5 Å². The number of hydrogen-bond acceptors (Lipinski definition) is 2. The van der Waals surface area contributed by atoms with Crippen molar-refractivity contribution in [3.05, 3.63) is 33.9 Å². The largest absolute Gasteiger partial charge is 0.398 e. The predicted octanol–water partition coefficient (Wildman–Crippen LogP) is 3.80. The maximum atomic E-state index is 13.7. The Bertz CT molecular complexity index is 601. The second-order valence-corrected chi connectivity index (χ2v) is 4.17. The molecule has 0 saturated carbocycles. The standard InChI is InChI=1S/C10H5BrF4N2/c11-3-1-4(12)9-7(8(3)13)5(16)2-6(17-9)10(14)15/h1-2,10H,(H2,16,17). The molecular formula is C10H5BrF4N2. The minimum atomic E-state index is -2.90. The van der Waals surface area contributed by atoms with Crippen molar-refractivity contribution in [1.82, 2.24) is 4.98 Å². The van der Waals surface area contributed by atoms with Crippen molar-refractivity contribution in [2.75, 3.05) is 5.73 Å². The summed E-state index contributed by atoms with van der Waals surface area (Å²) in [4.78, 5) is 3.37. The first-order chi connectivity index (χ1) is 7.91. The highest BCUT2D eigenvalue weighted by atomic mass is 79.9. The van der Waals surface area contributed by atoms with E-state index in [1.165, 1.54) is 0 Å². The number of hydrogen-bond donors (Lipinski definition) is 1. The van der Waals surface area contributed by atoms with Crippen LogP contribution in [0.15, 0.2) is 16.6 Å². The molecule has 1 aromatic carbocycles. The molecule has 2 N–H and O–H groups in total. The smallest absolute Gasteiger partial charge is 0.280 e. The Hall–Kier alpha value is -1.37. The number of rotatable bonds is 1. The molecule has 17 heavy (non-hydrogen) atoms. The highest BCUT2D eigenvalue weighted by Crippen LogP contribution is 2.32. The van der Waals surface area contributed by atoms with Gasteiger partial charge in [0.1, 0.15) is 17.0 Å². The van der Waals surface area contributed by atoms with Gasteiger partial charge in [0, 0.05) is 5.69 Å². The molecule has 0 saturated heterocycles. The van der Waals surface area contributed by atoms with Crippen molar-refractivity contribution in [2.45, 2.75) is 6.43 Å². The van der Waals surface area contributed by atoms with Crippen LogP contribution in [0.3, 0.4) is 0 Å². The summed E-state index contributed by atoms with van der Waals surface area (Å²) in [5.74, 6) is -1.74. The van der Waals surface area contributed by atoms with E-state index in [-0.39, 0.29) is 15.5 Å². The maximum absolute atomic E-state index is 13.7. The van der Waals surface area contributed by atoms with Crippen molar-refractivity contribution >= 4 is 32.5 Å². The third-order valence-electron chi connectivity index (χ3n) is 2.20. The number of benzene rings is 1.